The number of nitriles is 1. The van der Waals surface area contributed by atoms with Gasteiger partial charge in [-0.2, -0.15) is 5.26 Å². The molecule has 2 saturated carbocycles. The highest BCUT2D eigenvalue weighted by atomic mass is 16.3. The van der Waals surface area contributed by atoms with Crippen LogP contribution in [0.15, 0.2) is 0 Å². The summed E-state index contributed by atoms with van der Waals surface area (Å²) in [6.07, 6.45) is 7.10. The lowest BCUT2D eigenvalue weighted by atomic mass is 9.65. The fraction of sp³-hybridized carbons (Fsp3) is 0.944. The molecule has 0 aliphatic heterocycles. The molecule has 0 heterocycles. The van der Waals surface area contributed by atoms with Gasteiger partial charge in [0.2, 0.25) is 0 Å². The summed E-state index contributed by atoms with van der Waals surface area (Å²) in [6, 6.07) is 2.50. The Bertz CT molecular complexity index is 370. The first-order valence-corrected chi connectivity index (χ1v) is 8.38. The Labute approximate surface area is 124 Å². The van der Waals surface area contributed by atoms with E-state index in [-0.39, 0.29) is 0 Å². The lowest BCUT2D eigenvalue weighted by Gasteiger charge is -2.41. The monoisotopic (exact) mass is 277 g/mol. The van der Waals surface area contributed by atoms with Gasteiger partial charge in [-0.15, -0.1) is 0 Å². The van der Waals surface area contributed by atoms with Gasteiger partial charge in [-0.05, 0) is 68.1 Å². The summed E-state index contributed by atoms with van der Waals surface area (Å²) in [7, 11) is 0. The molecule has 2 nitrogen and oxygen atoms in total. The van der Waals surface area contributed by atoms with Gasteiger partial charge in [0.05, 0.1) is 17.6 Å². The SMILES string of the molecule is CC1CCC(C#N)(C(O)C2CCC(C(C)(C)C)CC2)C1. The second kappa shape index (κ2) is 5.68. The fourth-order valence-electron chi connectivity index (χ4n) is 4.52. The maximum absolute atomic E-state index is 10.8. The van der Waals surface area contributed by atoms with Crippen LogP contribution in [-0.2, 0) is 0 Å². The van der Waals surface area contributed by atoms with Crippen LogP contribution in [-0.4, -0.2) is 11.2 Å². The molecule has 2 rings (SSSR count). The van der Waals surface area contributed by atoms with E-state index < -0.39 is 11.5 Å². The van der Waals surface area contributed by atoms with Crippen LogP contribution >= 0.6 is 0 Å². The van der Waals surface area contributed by atoms with Gasteiger partial charge in [0.25, 0.3) is 0 Å². The van der Waals surface area contributed by atoms with Crippen molar-refractivity contribution in [2.24, 2.45) is 28.6 Å². The average Bonchev–Trinajstić information content (AvgIpc) is 2.80. The molecular weight excluding hydrogens is 246 g/mol. The molecule has 3 unspecified atom stereocenters. The normalized spacial score (nSPS) is 40.3. The lowest BCUT2D eigenvalue weighted by Crippen LogP contribution is -2.40. The Morgan fingerprint density at radius 1 is 1.15 bits per heavy atom. The van der Waals surface area contributed by atoms with E-state index in [0.717, 1.165) is 38.0 Å². The van der Waals surface area contributed by atoms with E-state index >= 15 is 0 Å². The minimum absolute atomic E-state index is 0.346. The molecule has 0 bridgehead atoms. The molecule has 2 aliphatic rings. The molecule has 0 saturated heterocycles. The topological polar surface area (TPSA) is 44.0 Å². The molecule has 20 heavy (non-hydrogen) atoms. The van der Waals surface area contributed by atoms with Gasteiger partial charge < -0.3 is 5.11 Å². The summed E-state index contributed by atoms with van der Waals surface area (Å²) < 4.78 is 0. The third-order valence-electron chi connectivity index (χ3n) is 6.03. The molecule has 2 aliphatic carbocycles. The van der Waals surface area contributed by atoms with Crippen LogP contribution in [0.1, 0.15) is 72.6 Å². The van der Waals surface area contributed by atoms with Crippen LogP contribution in [0.3, 0.4) is 0 Å². The average molecular weight is 277 g/mol. The van der Waals surface area contributed by atoms with Gasteiger partial charge in [0, 0.05) is 0 Å². The van der Waals surface area contributed by atoms with Crippen LogP contribution in [0.2, 0.25) is 0 Å². The van der Waals surface area contributed by atoms with E-state index in [0.29, 0.717) is 17.3 Å². The molecular formula is C18H31NO. The summed E-state index contributed by atoms with van der Waals surface area (Å²) in [5.74, 6) is 1.71. The summed E-state index contributed by atoms with van der Waals surface area (Å²) in [5.41, 5.74) is -0.0661. The van der Waals surface area contributed by atoms with Crippen LogP contribution in [0.5, 0.6) is 0 Å². The number of hydrogen-bond donors (Lipinski definition) is 1. The first-order chi connectivity index (χ1) is 9.28. The van der Waals surface area contributed by atoms with Gasteiger partial charge in [0.15, 0.2) is 0 Å². The zero-order valence-corrected chi connectivity index (χ0v) is 13.7. The standard InChI is InChI=1S/C18H31NO/c1-13-9-10-18(11-13,12-19)16(20)14-5-7-15(8-6-14)17(2,3)4/h13-16,20H,5-11H2,1-4H3. The second-order valence-electron chi connectivity index (χ2n) is 8.54. The number of aliphatic hydroxyl groups is 1. The van der Waals surface area contributed by atoms with Gasteiger partial charge in [-0.25, -0.2) is 0 Å². The Morgan fingerprint density at radius 2 is 1.75 bits per heavy atom. The second-order valence-corrected chi connectivity index (χ2v) is 8.54. The summed E-state index contributed by atoms with van der Waals surface area (Å²) in [5, 5.41) is 20.4. The summed E-state index contributed by atoms with van der Waals surface area (Å²) in [6.45, 7) is 9.18. The van der Waals surface area contributed by atoms with Crippen LogP contribution in [0.4, 0.5) is 0 Å². The third-order valence-corrected chi connectivity index (χ3v) is 6.03. The molecule has 0 aromatic rings. The van der Waals surface area contributed by atoms with Crippen molar-refractivity contribution in [2.75, 3.05) is 0 Å². The number of rotatable bonds is 2. The van der Waals surface area contributed by atoms with Crippen molar-refractivity contribution in [1.82, 2.24) is 0 Å². The minimum atomic E-state index is -0.446. The maximum Gasteiger partial charge on any atom is 0.0837 e. The molecule has 1 N–H and O–H groups in total. The highest BCUT2D eigenvalue weighted by Crippen LogP contribution is 2.49. The van der Waals surface area contributed by atoms with Crippen LogP contribution in [0, 0.1) is 39.9 Å². The van der Waals surface area contributed by atoms with E-state index in [9.17, 15) is 10.4 Å². The predicted octanol–water partition coefficient (Wildman–Crippen LogP) is 4.53. The Kier molecular flexibility index (Phi) is 4.50. The van der Waals surface area contributed by atoms with Gasteiger partial charge >= 0.3 is 0 Å². The van der Waals surface area contributed by atoms with Crippen molar-refractivity contribution in [2.45, 2.75) is 78.7 Å². The molecule has 0 amide bonds. The molecule has 0 aromatic carbocycles. The molecule has 3 atom stereocenters. The molecule has 0 spiro atoms. The van der Waals surface area contributed by atoms with Gasteiger partial charge in [0.1, 0.15) is 0 Å². The molecule has 114 valence electrons. The van der Waals surface area contributed by atoms with Crippen molar-refractivity contribution in [3.05, 3.63) is 0 Å². The quantitative estimate of drug-likeness (QED) is 0.806. The molecule has 0 radical (unpaired) electrons. The largest absolute Gasteiger partial charge is 0.391 e. The molecule has 2 fully saturated rings. The van der Waals surface area contributed by atoms with Crippen LogP contribution < -0.4 is 0 Å². The maximum atomic E-state index is 10.8. The van der Waals surface area contributed by atoms with Gasteiger partial charge in [-0.3, -0.25) is 0 Å². The zero-order valence-electron chi connectivity index (χ0n) is 13.7. The first-order valence-electron chi connectivity index (χ1n) is 8.38. The minimum Gasteiger partial charge on any atom is -0.391 e. The van der Waals surface area contributed by atoms with Crippen LogP contribution in [0.25, 0.3) is 0 Å². The highest BCUT2D eigenvalue weighted by Gasteiger charge is 2.47. The summed E-state index contributed by atoms with van der Waals surface area (Å²) in [4.78, 5) is 0. The number of nitrogens with zero attached hydrogens (tertiary/aromatic N) is 1. The van der Waals surface area contributed by atoms with Crippen molar-refractivity contribution >= 4 is 0 Å². The van der Waals surface area contributed by atoms with Crippen molar-refractivity contribution < 1.29 is 5.11 Å². The van der Waals surface area contributed by atoms with E-state index in [4.69, 9.17) is 0 Å². The summed E-state index contributed by atoms with van der Waals surface area (Å²) >= 11 is 0. The van der Waals surface area contributed by atoms with E-state index in [1.54, 1.807) is 0 Å². The van der Waals surface area contributed by atoms with Crippen molar-refractivity contribution in [1.29, 1.82) is 5.26 Å². The van der Waals surface area contributed by atoms with Crippen molar-refractivity contribution in [3.63, 3.8) is 0 Å². The molecule has 2 heteroatoms. The number of hydrogen-bond acceptors (Lipinski definition) is 2. The first kappa shape index (κ1) is 15.8. The van der Waals surface area contributed by atoms with Crippen molar-refractivity contribution in [3.8, 4) is 6.07 Å². The Hall–Kier alpha value is -0.550. The van der Waals surface area contributed by atoms with Gasteiger partial charge in [-0.1, -0.05) is 27.7 Å². The fourth-order valence-corrected chi connectivity index (χ4v) is 4.52. The number of aliphatic hydroxyl groups excluding tert-OH is 1. The zero-order chi connectivity index (χ0) is 15.0. The van der Waals surface area contributed by atoms with E-state index in [1.165, 1.54) is 12.8 Å². The predicted molar refractivity (Wildman–Crippen MR) is 82.0 cm³/mol. The lowest BCUT2D eigenvalue weighted by molar-refractivity contribution is -0.0133. The Morgan fingerprint density at radius 3 is 2.15 bits per heavy atom. The van der Waals surface area contributed by atoms with E-state index in [1.807, 2.05) is 0 Å². The Balaban J connectivity index is 1.98. The van der Waals surface area contributed by atoms with E-state index in [2.05, 4.69) is 33.8 Å². The highest BCUT2D eigenvalue weighted by molar-refractivity contribution is 5.09. The smallest absolute Gasteiger partial charge is 0.0837 e. The molecule has 0 aromatic heterocycles. The third kappa shape index (κ3) is 3.03.